The number of carbonyl (C=O) groups excluding carboxylic acids is 2. The second-order valence-corrected chi connectivity index (χ2v) is 9.57. The standard InChI is InChI=1S/C25H28N4O4S/c1-14(2)21(24(32)26-3)28-23(31)20-12-11-19(33-20)16-9-7-15(8-10-16)13-34-25-27-18-6-4-5-17(18)22(30)29-25/h7-12,14,21H,4-6,13H2,1-3H3,(H,26,32)(H,28,31)(H,27,29,30)/t21-/m1/s1. The van der Waals surface area contributed by atoms with Crippen molar-refractivity contribution in [2.45, 2.75) is 50.1 Å². The lowest BCUT2D eigenvalue weighted by atomic mass is 10.0. The maximum absolute atomic E-state index is 12.6. The number of carbonyl (C=O) groups is 2. The van der Waals surface area contributed by atoms with Crippen LogP contribution >= 0.6 is 11.8 Å². The molecule has 2 heterocycles. The van der Waals surface area contributed by atoms with Gasteiger partial charge in [-0.1, -0.05) is 49.9 Å². The zero-order chi connectivity index (χ0) is 24.2. The Labute approximate surface area is 201 Å². The molecule has 1 aliphatic rings. The molecule has 2 aromatic heterocycles. The molecular weight excluding hydrogens is 452 g/mol. The maximum atomic E-state index is 12.6. The second kappa shape index (κ2) is 10.3. The number of nitrogens with one attached hydrogen (secondary N) is 3. The van der Waals surface area contributed by atoms with Gasteiger partial charge in [-0.25, -0.2) is 4.98 Å². The number of aromatic nitrogens is 2. The summed E-state index contributed by atoms with van der Waals surface area (Å²) in [7, 11) is 1.54. The van der Waals surface area contributed by atoms with Gasteiger partial charge >= 0.3 is 0 Å². The van der Waals surface area contributed by atoms with Crippen LogP contribution in [0.5, 0.6) is 0 Å². The number of hydrogen-bond donors (Lipinski definition) is 3. The molecule has 9 heteroatoms. The van der Waals surface area contributed by atoms with Gasteiger partial charge in [0.2, 0.25) is 5.91 Å². The van der Waals surface area contributed by atoms with Gasteiger partial charge in [-0.3, -0.25) is 14.4 Å². The number of nitrogens with zero attached hydrogens (tertiary/aromatic N) is 1. The molecule has 0 fully saturated rings. The van der Waals surface area contributed by atoms with Gasteiger partial charge in [-0.2, -0.15) is 0 Å². The Balaban J connectivity index is 1.39. The zero-order valence-corrected chi connectivity index (χ0v) is 20.3. The summed E-state index contributed by atoms with van der Waals surface area (Å²) in [6.07, 6.45) is 2.67. The van der Waals surface area contributed by atoms with E-state index in [1.807, 2.05) is 38.1 Å². The van der Waals surface area contributed by atoms with Crippen molar-refractivity contribution in [1.82, 2.24) is 20.6 Å². The minimum atomic E-state index is -0.641. The summed E-state index contributed by atoms with van der Waals surface area (Å²) in [4.78, 5) is 44.2. The van der Waals surface area contributed by atoms with Gasteiger partial charge in [-0.15, -0.1) is 0 Å². The van der Waals surface area contributed by atoms with Gasteiger partial charge in [0.1, 0.15) is 11.8 Å². The van der Waals surface area contributed by atoms with Gasteiger partial charge in [-0.05, 0) is 42.9 Å². The molecule has 2 amide bonds. The average molecular weight is 481 g/mol. The Hall–Kier alpha value is -3.33. The summed E-state index contributed by atoms with van der Waals surface area (Å²) in [5.41, 5.74) is 3.64. The molecule has 0 saturated heterocycles. The molecule has 3 aromatic rings. The van der Waals surface area contributed by atoms with E-state index in [4.69, 9.17) is 4.42 Å². The predicted molar refractivity (Wildman–Crippen MR) is 131 cm³/mol. The number of amides is 2. The van der Waals surface area contributed by atoms with E-state index in [1.165, 1.54) is 11.8 Å². The van der Waals surface area contributed by atoms with Crippen LogP contribution in [0.2, 0.25) is 0 Å². The Bertz CT molecular complexity index is 1250. The highest BCUT2D eigenvalue weighted by Crippen LogP contribution is 2.26. The molecule has 178 valence electrons. The highest BCUT2D eigenvalue weighted by Gasteiger charge is 2.25. The largest absolute Gasteiger partial charge is 0.451 e. The smallest absolute Gasteiger partial charge is 0.287 e. The number of aromatic amines is 1. The van der Waals surface area contributed by atoms with Crippen LogP contribution in [-0.4, -0.2) is 34.9 Å². The minimum absolute atomic E-state index is 0.0203. The van der Waals surface area contributed by atoms with Crippen molar-refractivity contribution < 1.29 is 14.0 Å². The lowest BCUT2D eigenvalue weighted by Gasteiger charge is -2.19. The second-order valence-electron chi connectivity index (χ2n) is 8.61. The number of aryl methyl sites for hydroxylation is 1. The molecule has 0 saturated carbocycles. The van der Waals surface area contributed by atoms with E-state index in [2.05, 4.69) is 20.6 Å². The molecule has 1 aromatic carbocycles. The first kappa shape index (κ1) is 23.8. The molecule has 0 aliphatic heterocycles. The molecule has 34 heavy (non-hydrogen) atoms. The van der Waals surface area contributed by atoms with Crippen molar-refractivity contribution in [3.05, 3.63) is 69.3 Å². The first-order chi connectivity index (χ1) is 16.4. The summed E-state index contributed by atoms with van der Waals surface area (Å²) in [6.45, 7) is 3.73. The number of hydrogen-bond acceptors (Lipinski definition) is 6. The Morgan fingerprint density at radius 2 is 1.91 bits per heavy atom. The van der Waals surface area contributed by atoms with Gasteiger partial charge in [0.25, 0.3) is 11.5 Å². The summed E-state index contributed by atoms with van der Waals surface area (Å²) < 4.78 is 5.75. The molecule has 0 bridgehead atoms. The van der Waals surface area contributed by atoms with Crippen LogP contribution in [0.25, 0.3) is 11.3 Å². The van der Waals surface area contributed by atoms with Gasteiger partial charge in [0.15, 0.2) is 10.9 Å². The Morgan fingerprint density at radius 3 is 2.62 bits per heavy atom. The molecule has 0 radical (unpaired) electrons. The van der Waals surface area contributed by atoms with Crippen molar-refractivity contribution in [1.29, 1.82) is 0 Å². The van der Waals surface area contributed by atoms with E-state index in [0.717, 1.165) is 41.6 Å². The molecule has 0 spiro atoms. The van der Waals surface area contributed by atoms with Crippen LogP contribution in [0, 0.1) is 5.92 Å². The van der Waals surface area contributed by atoms with E-state index in [0.29, 0.717) is 16.7 Å². The highest BCUT2D eigenvalue weighted by molar-refractivity contribution is 7.98. The lowest BCUT2D eigenvalue weighted by Crippen LogP contribution is -2.48. The van der Waals surface area contributed by atoms with E-state index < -0.39 is 11.9 Å². The van der Waals surface area contributed by atoms with Crippen LogP contribution < -0.4 is 16.2 Å². The van der Waals surface area contributed by atoms with Crippen molar-refractivity contribution >= 4 is 23.6 Å². The molecule has 1 aliphatic carbocycles. The summed E-state index contributed by atoms with van der Waals surface area (Å²) in [6, 6.07) is 10.5. The first-order valence-electron chi connectivity index (χ1n) is 11.3. The third-order valence-electron chi connectivity index (χ3n) is 5.85. The third-order valence-corrected chi connectivity index (χ3v) is 6.79. The molecule has 1 atom stereocenters. The number of rotatable bonds is 8. The Kier molecular flexibility index (Phi) is 7.21. The van der Waals surface area contributed by atoms with E-state index in [1.54, 1.807) is 19.2 Å². The van der Waals surface area contributed by atoms with Crippen molar-refractivity contribution in [2.24, 2.45) is 5.92 Å². The number of benzene rings is 1. The number of thioether (sulfide) groups is 1. The molecule has 4 rings (SSSR count). The lowest BCUT2D eigenvalue weighted by molar-refractivity contribution is -0.123. The predicted octanol–water partition coefficient (Wildman–Crippen LogP) is 3.31. The topological polar surface area (TPSA) is 117 Å². The normalized spacial score (nSPS) is 13.5. The molecule has 3 N–H and O–H groups in total. The molecule has 8 nitrogen and oxygen atoms in total. The Morgan fingerprint density at radius 1 is 1.15 bits per heavy atom. The molecular formula is C25H28N4O4S. The zero-order valence-electron chi connectivity index (χ0n) is 19.4. The van der Waals surface area contributed by atoms with Crippen molar-refractivity contribution in [3.63, 3.8) is 0 Å². The fourth-order valence-corrected chi connectivity index (χ4v) is 4.76. The number of fused-ring (bicyclic) bond motifs is 1. The first-order valence-corrected chi connectivity index (χ1v) is 12.3. The minimum Gasteiger partial charge on any atom is -0.451 e. The van der Waals surface area contributed by atoms with Crippen LogP contribution in [0.4, 0.5) is 0 Å². The number of furan rings is 1. The van der Waals surface area contributed by atoms with Crippen LogP contribution in [0.3, 0.4) is 0 Å². The summed E-state index contributed by atoms with van der Waals surface area (Å²) in [5, 5.41) is 5.94. The highest BCUT2D eigenvalue weighted by atomic mass is 32.2. The maximum Gasteiger partial charge on any atom is 0.287 e. The number of H-pyrrole nitrogens is 1. The quantitative estimate of drug-likeness (QED) is 0.336. The van der Waals surface area contributed by atoms with Crippen LogP contribution in [0.1, 0.15) is 47.6 Å². The summed E-state index contributed by atoms with van der Waals surface area (Å²) >= 11 is 1.50. The monoisotopic (exact) mass is 480 g/mol. The van der Waals surface area contributed by atoms with Gasteiger partial charge in [0.05, 0.1) is 5.69 Å². The SMILES string of the molecule is CNC(=O)[C@H](NC(=O)c1ccc(-c2ccc(CSc3nc4c(c(=O)[nH]3)CCC4)cc2)o1)C(C)C. The van der Waals surface area contributed by atoms with Crippen LogP contribution in [-0.2, 0) is 23.4 Å². The third kappa shape index (κ3) is 5.25. The van der Waals surface area contributed by atoms with Gasteiger partial charge < -0.3 is 20.0 Å². The van der Waals surface area contributed by atoms with Crippen LogP contribution in [0.15, 0.2) is 50.8 Å². The van der Waals surface area contributed by atoms with Crippen molar-refractivity contribution in [3.8, 4) is 11.3 Å². The summed E-state index contributed by atoms with van der Waals surface area (Å²) in [5.74, 6) is 0.642. The average Bonchev–Trinajstić information content (AvgIpc) is 3.51. The number of likely N-dealkylation sites (N-methyl/N-ethyl adjacent to an activating group) is 1. The fraction of sp³-hybridized carbons (Fsp3) is 0.360. The van der Waals surface area contributed by atoms with E-state index >= 15 is 0 Å². The fourth-order valence-electron chi connectivity index (χ4n) is 3.92. The van der Waals surface area contributed by atoms with Gasteiger partial charge in [0, 0.05) is 23.9 Å². The van der Waals surface area contributed by atoms with E-state index in [9.17, 15) is 14.4 Å². The van der Waals surface area contributed by atoms with E-state index in [-0.39, 0.29) is 23.1 Å². The van der Waals surface area contributed by atoms with Crippen molar-refractivity contribution in [2.75, 3.05) is 7.05 Å². The molecule has 0 unspecified atom stereocenters.